The Kier molecular flexibility index (Phi) is 14.2. The number of nitrogens with zero attached hydrogens (tertiary/aromatic N) is 3. The number of hydrogen-bond acceptors (Lipinski definition) is 2. The molecule has 4 heteroatoms. The number of aryl methyl sites for hydroxylation is 2. The molecule has 16 aromatic rings. The van der Waals surface area contributed by atoms with E-state index in [4.69, 9.17) is 0 Å². The molecule has 0 unspecified atom stereocenters. The summed E-state index contributed by atoms with van der Waals surface area (Å²) in [6.45, 7) is 4.19. The van der Waals surface area contributed by atoms with Crippen LogP contribution in [0.2, 0.25) is 0 Å². The van der Waals surface area contributed by atoms with Crippen LogP contribution in [0.25, 0.3) is 49.7 Å². The zero-order valence-corrected chi connectivity index (χ0v) is 54.7. The van der Waals surface area contributed by atoms with Crippen molar-refractivity contribution in [1.82, 2.24) is 4.57 Å². The van der Waals surface area contributed by atoms with Crippen molar-refractivity contribution in [2.75, 3.05) is 9.80 Å². The van der Waals surface area contributed by atoms with Crippen LogP contribution in [0.4, 0.5) is 34.1 Å². The van der Waals surface area contributed by atoms with Crippen molar-refractivity contribution in [3.63, 3.8) is 0 Å². The maximum atomic E-state index is 2.66. The van der Waals surface area contributed by atoms with Gasteiger partial charge in [0.2, 0.25) is 0 Å². The Hall–Kier alpha value is -12.2. The lowest BCUT2D eigenvalue weighted by Gasteiger charge is -2.46. The molecule has 0 spiro atoms. The lowest BCUT2D eigenvalue weighted by atomic mass is 9.32. The predicted octanol–water partition coefficient (Wildman–Crippen LogP) is 21.6. The summed E-state index contributed by atoms with van der Waals surface area (Å²) in [5.74, 6) is 0. The molecule has 0 fully saturated rings. The fourth-order valence-electron chi connectivity index (χ4n) is 16.9. The van der Waals surface area contributed by atoms with Crippen LogP contribution in [-0.4, -0.2) is 11.3 Å². The zero-order chi connectivity index (χ0) is 65.3. The van der Waals surface area contributed by atoms with E-state index in [-0.39, 0.29) is 6.71 Å². The molecule has 1 aromatic heterocycles. The van der Waals surface area contributed by atoms with Crippen molar-refractivity contribution in [2.24, 2.45) is 0 Å². The van der Waals surface area contributed by atoms with Crippen LogP contribution in [0.3, 0.4) is 0 Å². The molecule has 462 valence electrons. The second kappa shape index (κ2) is 23.9. The van der Waals surface area contributed by atoms with Gasteiger partial charge < -0.3 is 14.4 Å². The van der Waals surface area contributed by atoms with Gasteiger partial charge in [-0.1, -0.05) is 333 Å². The van der Waals surface area contributed by atoms with E-state index < -0.39 is 10.8 Å². The van der Waals surface area contributed by atoms with Crippen LogP contribution in [0.1, 0.15) is 55.6 Å². The average molecular weight is 1250 g/mol. The number of aromatic nitrogens is 1. The molecule has 0 aliphatic carbocycles. The molecule has 15 aromatic carbocycles. The lowest BCUT2D eigenvalue weighted by molar-refractivity contribution is 0.744. The Morgan fingerprint density at radius 1 is 0.255 bits per heavy atom. The standard InChI is InChI=1S/C94H68BN3/c1-65-31-25-45-73(59-65)93(69-37-13-5-14-38-69,70-39-15-6-16-40-70)75-47-27-49-77(61-75)96-87-58-30-53-80(67-33-9-3-10-34-67)90(87)95-84-55-29-54-81(68-35-11-4-12-36-68)92(84)98(89-64-79(63-88(96)91(89)95)97-85-56-23-21-51-82(85)83-52-22-24-57-86(83)97)78-50-28-48-76(62-78)94(71-41-17-7-18-42-71,72-43-19-8-20-44-72)74-46-26-32-66(2)60-74/h3-64H,1-2H3. The molecule has 18 rings (SSSR count). The average Bonchev–Trinajstić information content (AvgIpc) is 0.764. The van der Waals surface area contributed by atoms with Crippen LogP contribution in [-0.2, 0) is 10.8 Å². The van der Waals surface area contributed by atoms with Crippen LogP contribution in [0.15, 0.2) is 376 Å². The topological polar surface area (TPSA) is 11.4 Å². The molecule has 0 bridgehead atoms. The Bertz CT molecular complexity index is 5540. The van der Waals surface area contributed by atoms with Gasteiger partial charge in [0.25, 0.3) is 6.71 Å². The van der Waals surface area contributed by atoms with E-state index in [1.165, 1.54) is 88.4 Å². The molecule has 0 N–H and O–H groups in total. The highest BCUT2D eigenvalue weighted by Crippen LogP contribution is 2.54. The van der Waals surface area contributed by atoms with E-state index >= 15 is 0 Å². The van der Waals surface area contributed by atoms with Crippen LogP contribution < -0.4 is 26.2 Å². The molecule has 0 saturated heterocycles. The van der Waals surface area contributed by atoms with Gasteiger partial charge in [-0.05, 0) is 146 Å². The van der Waals surface area contributed by atoms with E-state index in [2.05, 4.69) is 404 Å². The summed E-state index contributed by atoms with van der Waals surface area (Å²) >= 11 is 0. The number of anilines is 6. The quantitative estimate of drug-likeness (QED) is 0.0842. The Morgan fingerprint density at radius 3 is 1.10 bits per heavy atom. The summed E-state index contributed by atoms with van der Waals surface area (Å²) in [6.07, 6.45) is 0. The molecule has 98 heavy (non-hydrogen) atoms. The number of hydrogen-bond donors (Lipinski definition) is 0. The minimum absolute atomic E-state index is 0.240. The van der Waals surface area contributed by atoms with E-state index in [1.807, 2.05) is 0 Å². The first-order valence-corrected chi connectivity index (χ1v) is 34.2. The molecular formula is C94H68BN3. The van der Waals surface area contributed by atoms with Gasteiger partial charge in [-0.15, -0.1) is 0 Å². The van der Waals surface area contributed by atoms with Crippen molar-refractivity contribution >= 4 is 79.0 Å². The normalized spacial score (nSPS) is 12.5. The van der Waals surface area contributed by atoms with Crippen molar-refractivity contribution in [3.8, 4) is 27.9 Å². The number of fused-ring (bicyclic) bond motifs is 7. The summed E-state index contributed by atoms with van der Waals surface area (Å²) in [7, 11) is 0. The van der Waals surface area contributed by atoms with Crippen LogP contribution >= 0.6 is 0 Å². The second-order valence-corrected chi connectivity index (χ2v) is 26.4. The van der Waals surface area contributed by atoms with Crippen molar-refractivity contribution in [3.05, 3.63) is 432 Å². The highest BCUT2D eigenvalue weighted by Gasteiger charge is 2.48. The monoisotopic (exact) mass is 1250 g/mol. The highest BCUT2D eigenvalue weighted by atomic mass is 15.2. The first kappa shape index (κ1) is 58.4. The minimum atomic E-state index is -0.729. The molecule has 0 saturated carbocycles. The Morgan fingerprint density at radius 2 is 0.622 bits per heavy atom. The van der Waals surface area contributed by atoms with Gasteiger partial charge in [0.05, 0.1) is 27.6 Å². The highest BCUT2D eigenvalue weighted by molar-refractivity contribution is 7.01. The van der Waals surface area contributed by atoms with E-state index in [9.17, 15) is 0 Å². The molecule has 3 heterocycles. The van der Waals surface area contributed by atoms with Gasteiger partial charge in [0.1, 0.15) is 0 Å². The molecule has 0 amide bonds. The third-order valence-corrected chi connectivity index (χ3v) is 20.9. The molecule has 0 radical (unpaired) electrons. The molecular weight excluding hydrogens is 1180 g/mol. The van der Waals surface area contributed by atoms with E-state index in [0.29, 0.717) is 0 Å². The third-order valence-electron chi connectivity index (χ3n) is 20.9. The van der Waals surface area contributed by atoms with Crippen LogP contribution in [0, 0.1) is 13.8 Å². The summed E-state index contributed by atoms with van der Waals surface area (Å²) in [4.78, 5) is 5.28. The number of benzene rings is 15. The van der Waals surface area contributed by atoms with Gasteiger partial charge in [0.15, 0.2) is 0 Å². The van der Waals surface area contributed by atoms with Gasteiger partial charge in [-0.25, -0.2) is 0 Å². The van der Waals surface area contributed by atoms with Gasteiger partial charge >= 0.3 is 0 Å². The molecule has 0 atom stereocenters. The maximum Gasteiger partial charge on any atom is 0.252 e. The fraction of sp³-hybridized carbons (Fsp3) is 0.0426. The second-order valence-electron chi connectivity index (χ2n) is 26.4. The van der Waals surface area contributed by atoms with Crippen LogP contribution in [0.5, 0.6) is 0 Å². The summed E-state index contributed by atoms with van der Waals surface area (Å²) in [6, 6.07) is 141. The predicted molar refractivity (Wildman–Crippen MR) is 412 cm³/mol. The van der Waals surface area contributed by atoms with E-state index in [1.54, 1.807) is 0 Å². The van der Waals surface area contributed by atoms with Gasteiger partial charge in [-0.2, -0.15) is 0 Å². The summed E-state index contributed by atoms with van der Waals surface area (Å²) < 4.78 is 2.52. The Balaban J connectivity index is 0.996. The van der Waals surface area contributed by atoms with E-state index in [0.717, 1.165) is 67.5 Å². The van der Waals surface area contributed by atoms with Crippen molar-refractivity contribution in [1.29, 1.82) is 0 Å². The SMILES string of the molecule is Cc1cccc(C(c2ccccc2)(c2ccccc2)c2cccc(N3c4cccc(-c5ccccc5)c4B4c5cccc(-c6ccccc6)c5N(c5cccc(C(c6ccccc6)(c6ccccc6)c6cccc(C)c6)c5)c5cc(-n6c7ccccc7c7ccccc76)cc3c54)c2)c1. The van der Waals surface area contributed by atoms with Gasteiger partial charge in [-0.3, -0.25) is 0 Å². The fourth-order valence-corrected chi connectivity index (χ4v) is 16.9. The smallest absolute Gasteiger partial charge is 0.252 e. The molecule has 2 aliphatic heterocycles. The molecule has 2 aliphatic rings. The minimum Gasteiger partial charge on any atom is -0.311 e. The third kappa shape index (κ3) is 9.20. The summed E-state index contributed by atoms with van der Waals surface area (Å²) in [5.41, 5.74) is 28.8. The lowest BCUT2D eigenvalue weighted by Crippen LogP contribution is -2.62. The first-order valence-electron chi connectivity index (χ1n) is 34.2. The van der Waals surface area contributed by atoms with Crippen molar-refractivity contribution < 1.29 is 0 Å². The Labute approximate surface area is 574 Å². The van der Waals surface area contributed by atoms with Crippen molar-refractivity contribution in [2.45, 2.75) is 24.7 Å². The zero-order valence-electron chi connectivity index (χ0n) is 54.7. The first-order chi connectivity index (χ1) is 48.5. The molecule has 3 nitrogen and oxygen atoms in total. The number of rotatable bonds is 13. The largest absolute Gasteiger partial charge is 0.311 e. The summed E-state index contributed by atoms with van der Waals surface area (Å²) in [5, 5.41) is 2.42. The van der Waals surface area contributed by atoms with Gasteiger partial charge in [0, 0.05) is 50.5 Å². The number of para-hydroxylation sites is 3. The maximum absolute atomic E-state index is 2.66.